The van der Waals surface area contributed by atoms with Gasteiger partial charge in [0, 0.05) is 19.0 Å². The summed E-state index contributed by atoms with van der Waals surface area (Å²) in [6.07, 6.45) is 0. The van der Waals surface area contributed by atoms with Gasteiger partial charge in [0.05, 0.1) is 7.11 Å². The Hall–Kier alpha value is -2.20. The van der Waals surface area contributed by atoms with Crippen LogP contribution in [-0.2, 0) is 6.54 Å². The lowest BCUT2D eigenvalue weighted by Gasteiger charge is -2.32. The van der Waals surface area contributed by atoms with Crippen LogP contribution in [0, 0.1) is 0 Å². The number of nitrogens with zero attached hydrogens (tertiary/aromatic N) is 1. The van der Waals surface area contributed by atoms with Gasteiger partial charge in [-0.1, -0.05) is 12.1 Å². The maximum Gasteiger partial charge on any atom is 0.231 e. The fourth-order valence-corrected chi connectivity index (χ4v) is 3.35. The van der Waals surface area contributed by atoms with Gasteiger partial charge in [-0.3, -0.25) is 0 Å². The van der Waals surface area contributed by atoms with Gasteiger partial charge in [0.15, 0.2) is 11.5 Å². The van der Waals surface area contributed by atoms with E-state index in [1.165, 1.54) is 16.7 Å². The summed E-state index contributed by atoms with van der Waals surface area (Å²) in [4.78, 5) is 2.35. The molecule has 0 radical (unpaired) electrons. The van der Waals surface area contributed by atoms with Crippen molar-refractivity contribution in [3.05, 3.63) is 53.1 Å². The summed E-state index contributed by atoms with van der Waals surface area (Å²) >= 11 is 0. The standard InChI is InChI=1S/C18H19NO3/c1-19-9-13-7-17-18(22-11-21-17)8-15(13)16(10-19)12-3-5-14(20-2)6-4-12/h3-8,16H,9-11H2,1-2H3. The fraction of sp³-hybridized carbons (Fsp3) is 0.333. The van der Waals surface area contributed by atoms with Gasteiger partial charge in [0.25, 0.3) is 0 Å². The van der Waals surface area contributed by atoms with Gasteiger partial charge >= 0.3 is 0 Å². The summed E-state index contributed by atoms with van der Waals surface area (Å²) in [5.74, 6) is 2.96. The molecule has 0 aliphatic carbocycles. The predicted molar refractivity (Wildman–Crippen MR) is 83.7 cm³/mol. The van der Waals surface area contributed by atoms with Crippen molar-refractivity contribution in [3.63, 3.8) is 0 Å². The largest absolute Gasteiger partial charge is 0.497 e. The first-order valence-electron chi connectivity index (χ1n) is 7.49. The molecular formula is C18H19NO3. The fourth-order valence-electron chi connectivity index (χ4n) is 3.35. The summed E-state index contributed by atoms with van der Waals surface area (Å²) < 4.78 is 16.3. The van der Waals surface area contributed by atoms with Crippen LogP contribution in [0.3, 0.4) is 0 Å². The van der Waals surface area contributed by atoms with Crippen LogP contribution in [0.5, 0.6) is 17.2 Å². The van der Waals surface area contributed by atoms with Crippen LogP contribution in [0.15, 0.2) is 36.4 Å². The van der Waals surface area contributed by atoms with Crippen molar-refractivity contribution in [2.24, 2.45) is 0 Å². The molecular weight excluding hydrogens is 278 g/mol. The van der Waals surface area contributed by atoms with Crippen LogP contribution in [0.1, 0.15) is 22.6 Å². The van der Waals surface area contributed by atoms with Crippen LogP contribution in [-0.4, -0.2) is 32.4 Å². The van der Waals surface area contributed by atoms with Crippen molar-refractivity contribution in [1.82, 2.24) is 4.90 Å². The zero-order valence-electron chi connectivity index (χ0n) is 12.8. The second-order valence-electron chi connectivity index (χ2n) is 5.93. The van der Waals surface area contributed by atoms with Gasteiger partial charge in [-0.15, -0.1) is 0 Å². The number of ether oxygens (including phenoxy) is 3. The molecule has 22 heavy (non-hydrogen) atoms. The Bertz CT molecular complexity index is 696. The topological polar surface area (TPSA) is 30.9 Å². The molecule has 2 aromatic carbocycles. The van der Waals surface area contributed by atoms with E-state index in [2.05, 4.69) is 36.2 Å². The highest BCUT2D eigenvalue weighted by Crippen LogP contribution is 2.41. The summed E-state index contributed by atoms with van der Waals surface area (Å²) in [5.41, 5.74) is 3.96. The zero-order valence-corrected chi connectivity index (χ0v) is 12.8. The number of rotatable bonds is 2. The molecule has 2 aliphatic rings. The first-order chi connectivity index (χ1) is 10.7. The maximum atomic E-state index is 5.56. The third-order valence-electron chi connectivity index (χ3n) is 4.46. The molecule has 1 atom stereocenters. The Kier molecular flexibility index (Phi) is 3.19. The van der Waals surface area contributed by atoms with Crippen molar-refractivity contribution in [2.45, 2.75) is 12.5 Å². The molecule has 4 heteroatoms. The Morgan fingerprint density at radius 3 is 2.55 bits per heavy atom. The highest BCUT2D eigenvalue weighted by atomic mass is 16.7. The Morgan fingerprint density at radius 2 is 1.82 bits per heavy atom. The Balaban J connectivity index is 1.77. The Morgan fingerprint density at radius 1 is 1.09 bits per heavy atom. The number of hydrogen-bond donors (Lipinski definition) is 0. The highest BCUT2D eigenvalue weighted by Gasteiger charge is 2.28. The van der Waals surface area contributed by atoms with Crippen LogP contribution >= 0.6 is 0 Å². The van der Waals surface area contributed by atoms with E-state index in [0.717, 1.165) is 30.3 Å². The minimum absolute atomic E-state index is 0.321. The van der Waals surface area contributed by atoms with E-state index in [0.29, 0.717) is 12.7 Å². The normalized spacial score (nSPS) is 19.8. The van der Waals surface area contributed by atoms with Gasteiger partial charge < -0.3 is 19.1 Å². The molecule has 4 rings (SSSR count). The lowest BCUT2D eigenvalue weighted by molar-refractivity contribution is 0.174. The Labute approximate surface area is 130 Å². The number of hydrogen-bond acceptors (Lipinski definition) is 4. The van der Waals surface area contributed by atoms with Crippen molar-refractivity contribution in [2.75, 3.05) is 27.5 Å². The van der Waals surface area contributed by atoms with Gasteiger partial charge in [0.1, 0.15) is 5.75 Å². The van der Waals surface area contributed by atoms with Crippen molar-refractivity contribution < 1.29 is 14.2 Å². The molecule has 2 heterocycles. The summed E-state index contributed by atoms with van der Waals surface area (Å²) in [6.45, 7) is 2.26. The second kappa shape index (κ2) is 5.21. The highest BCUT2D eigenvalue weighted by molar-refractivity contribution is 5.53. The minimum Gasteiger partial charge on any atom is -0.497 e. The SMILES string of the molecule is COc1ccc(C2CN(C)Cc3cc4c(cc32)OCO4)cc1. The molecule has 0 saturated carbocycles. The van der Waals surface area contributed by atoms with Gasteiger partial charge in [-0.25, -0.2) is 0 Å². The maximum absolute atomic E-state index is 5.56. The quantitative estimate of drug-likeness (QED) is 0.852. The number of methoxy groups -OCH3 is 1. The van der Waals surface area contributed by atoms with E-state index in [1.807, 2.05) is 12.1 Å². The van der Waals surface area contributed by atoms with Gasteiger partial charge in [-0.2, -0.15) is 0 Å². The van der Waals surface area contributed by atoms with Crippen LogP contribution in [0.25, 0.3) is 0 Å². The van der Waals surface area contributed by atoms with E-state index in [1.54, 1.807) is 7.11 Å². The van der Waals surface area contributed by atoms with Gasteiger partial charge in [-0.05, 0) is 48.0 Å². The lowest BCUT2D eigenvalue weighted by atomic mass is 9.84. The molecule has 0 bridgehead atoms. The molecule has 0 aromatic heterocycles. The molecule has 0 spiro atoms. The molecule has 2 aliphatic heterocycles. The molecule has 0 amide bonds. The molecule has 0 N–H and O–H groups in total. The van der Waals surface area contributed by atoms with Crippen LogP contribution < -0.4 is 14.2 Å². The zero-order chi connectivity index (χ0) is 15.1. The van der Waals surface area contributed by atoms with E-state index >= 15 is 0 Å². The molecule has 0 fully saturated rings. The van der Waals surface area contributed by atoms with E-state index < -0.39 is 0 Å². The molecule has 2 aromatic rings. The molecule has 114 valence electrons. The molecule has 0 saturated heterocycles. The second-order valence-corrected chi connectivity index (χ2v) is 5.93. The number of benzene rings is 2. The average molecular weight is 297 g/mol. The van der Waals surface area contributed by atoms with Gasteiger partial charge in [0.2, 0.25) is 6.79 Å². The van der Waals surface area contributed by atoms with E-state index in [-0.39, 0.29) is 0 Å². The molecule has 1 unspecified atom stereocenters. The summed E-state index contributed by atoms with van der Waals surface area (Å²) in [6, 6.07) is 12.6. The average Bonchev–Trinajstić information content (AvgIpc) is 2.99. The predicted octanol–water partition coefficient (Wildman–Crippen LogP) is 3.00. The summed E-state index contributed by atoms with van der Waals surface area (Å²) in [7, 11) is 3.85. The van der Waals surface area contributed by atoms with Crippen molar-refractivity contribution >= 4 is 0 Å². The monoisotopic (exact) mass is 297 g/mol. The minimum atomic E-state index is 0.321. The third kappa shape index (κ3) is 2.20. The van der Waals surface area contributed by atoms with E-state index in [4.69, 9.17) is 14.2 Å². The van der Waals surface area contributed by atoms with Crippen molar-refractivity contribution in [1.29, 1.82) is 0 Å². The van der Waals surface area contributed by atoms with Crippen LogP contribution in [0.2, 0.25) is 0 Å². The van der Waals surface area contributed by atoms with E-state index in [9.17, 15) is 0 Å². The smallest absolute Gasteiger partial charge is 0.231 e. The van der Waals surface area contributed by atoms with Crippen molar-refractivity contribution in [3.8, 4) is 17.2 Å². The number of fused-ring (bicyclic) bond motifs is 2. The lowest BCUT2D eigenvalue weighted by Crippen LogP contribution is -2.30. The summed E-state index contributed by atoms with van der Waals surface area (Å²) in [5, 5.41) is 0. The third-order valence-corrected chi connectivity index (χ3v) is 4.46. The van der Waals surface area contributed by atoms with Crippen LogP contribution in [0.4, 0.5) is 0 Å². The molecule has 4 nitrogen and oxygen atoms in total. The number of likely N-dealkylation sites (N-methyl/N-ethyl adjacent to an activating group) is 1. The first-order valence-corrected chi connectivity index (χ1v) is 7.49. The first kappa shape index (κ1) is 13.5.